The number of halogens is 2. The molecule has 2 aliphatic heterocycles. The van der Waals surface area contributed by atoms with Crippen molar-refractivity contribution in [3.05, 3.63) is 0 Å². The van der Waals surface area contributed by atoms with E-state index in [0.29, 0.717) is 19.5 Å². The molecule has 0 saturated carbocycles. The number of alkyl halides is 2. The molecule has 17 heavy (non-hydrogen) atoms. The Labute approximate surface area is 111 Å². The van der Waals surface area contributed by atoms with Crippen LogP contribution in [0.1, 0.15) is 26.7 Å². The van der Waals surface area contributed by atoms with Crippen molar-refractivity contribution in [2.75, 3.05) is 13.1 Å². The van der Waals surface area contributed by atoms with Crippen LogP contribution in [0.4, 0.5) is 0 Å². The molecule has 2 fully saturated rings. The van der Waals surface area contributed by atoms with Crippen molar-refractivity contribution in [2.24, 2.45) is 5.41 Å². The third-order valence-corrected chi connectivity index (χ3v) is 4.02. The van der Waals surface area contributed by atoms with E-state index in [2.05, 4.69) is 13.8 Å². The van der Waals surface area contributed by atoms with E-state index < -0.39 is 4.84 Å². The predicted octanol–water partition coefficient (Wildman–Crippen LogP) is 1.61. The number of piperidine rings is 1. The standard InChI is InChI=1S/C11H16Cl2N2O2/c1-11(2)4-3-7(16)14-5-6-15(10(11)14)9(17)8(12)13/h8,10H,3-6H2,1-2H3. The van der Waals surface area contributed by atoms with Gasteiger partial charge in [0.2, 0.25) is 5.91 Å². The van der Waals surface area contributed by atoms with E-state index in [0.717, 1.165) is 6.42 Å². The molecule has 0 bridgehead atoms. The lowest BCUT2D eigenvalue weighted by Gasteiger charge is -2.45. The average molecular weight is 279 g/mol. The van der Waals surface area contributed by atoms with Gasteiger partial charge in [-0.2, -0.15) is 0 Å². The fourth-order valence-corrected chi connectivity index (χ4v) is 3.04. The minimum absolute atomic E-state index is 0.108. The summed E-state index contributed by atoms with van der Waals surface area (Å²) in [6.45, 7) is 5.24. The van der Waals surface area contributed by atoms with Crippen molar-refractivity contribution < 1.29 is 9.59 Å². The van der Waals surface area contributed by atoms with Crippen LogP contribution in [0.15, 0.2) is 0 Å². The van der Waals surface area contributed by atoms with Gasteiger partial charge < -0.3 is 9.80 Å². The Hall–Kier alpha value is -0.480. The lowest BCUT2D eigenvalue weighted by atomic mass is 9.80. The maximum absolute atomic E-state index is 11.9. The molecule has 1 atom stereocenters. The average Bonchev–Trinajstić information content (AvgIpc) is 2.69. The first kappa shape index (κ1) is 13.0. The topological polar surface area (TPSA) is 40.6 Å². The summed E-state index contributed by atoms with van der Waals surface area (Å²) in [7, 11) is 0. The molecule has 0 aromatic rings. The summed E-state index contributed by atoms with van der Waals surface area (Å²) in [5.41, 5.74) is -0.108. The number of nitrogens with zero attached hydrogens (tertiary/aromatic N) is 2. The van der Waals surface area contributed by atoms with Gasteiger partial charge >= 0.3 is 0 Å². The zero-order chi connectivity index (χ0) is 12.8. The predicted molar refractivity (Wildman–Crippen MR) is 65.7 cm³/mol. The number of carbonyl (C=O) groups excluding carboxylic acids is 2. The Morgan fingerprint density at radius 3 is 2.65 bits per heavy atom. The molecule has 4 nitrogen and oxygen atoms in total. The largest absolute Gasteiger partial charge is 0.320 e. The quantitative estimate of drug-likeness (QED) is 0.684. The Balaban J connectivity index is 2.27. The van der Waals surface area contributed by atoms with Crippen LogP contribution in [0.2, 0.25) is 0 Å². The zero-order valence-corrected chi connectivity index (χ0v) is 11.5. The molecular formula is C11H16Cl2N2O2. The van der Waals surface area contributed by atoms with E-state index in [1.165, 1.54) is 0 Å². The van der Waals surface area contributed by atoms with Crippen LogP contribution in [0.3, 0.4) is 0 Å². The van der Waals surface area contributed by atoms with Gasteiger partial charge in [-0.05, 0) is 6.42 Å². The Kier molecular flexibility index (Phi) is 3.29. The number of amides is 2. The van der Waals surface area contributed by atoms with Crippen molar-refractivity contribution in [2.45, 2.75) is 37.7 Å². The van der Waals surface area contributed by atoms with Gasteiger partial charge in [0.05, 0.1) is 0 Å². The lowest BCUT2D eigenvalue weighted by Crippen LogP contribution is -2.56. The zero-order valence-electron chi connectivity index (χ0n) is 9.95. The van der Waals surface area contributed by atoms with Crippen LogP contribution in [0.5, 0.6) is 0 Å². The SMILES string of the molecule is CC1(C)CCC(=O)N2CCN(C(=O)C(Cl)Cl)C21. The molecule has 96 valence electrons. The van der Waals surface area contributed by atoms with E-state index >= 15 is 0 Å². The minimum Gasteiger partial charge on any atom is -0.320 e. The smallest absolute Gasteiger partial charge is 0.257 e. The highest BCUT2D eigenvalue weighted by Gasteiger charge is 2.50. The Morgan fingerprint density at radius 1 is 1.41 bits per heavy atom. The molecule has 0 aliphatic carbocycles. The van der Waals surface area contributed by atoms with Gasteiger partial charge in [0.15, 0.2) is 4.84 Å². The second kappa shape index (κ2) is 4.32. The molecule has 2 rings (SSSR count). The summed E-state index contributed by atoms with van der Waals surface area (Å²) in [4.78, 5) is 26.1. The molecule has 1 unspecified atom stereocenters. The number of hydrogen-bond acceptors (Lipinski definition) is 2. The van der Waals surface area contributed by atoms with Crippen molar-refractivity contribution in [1.29, 1.82) is 0 Å². The molecule has 0 N–H and O–H groups in total. The third kappa shape index (κ3) is 2.13. The molecule has 0 aromatic heterocycles. The molecule has 2 aliphatic rings. The second-order valence-electron chi connectivity index (χ2n) is 5.28. The first-order chi connectivity index (χ1) is 7.84. The molecule has 2 heterocycles. The molecule has 2 amide bonds. The fourth-order valence-electron chi connectivity index (χ4n) is 2.79. The number of rotatable bonds is 1. The highest BCUT2D eigenvalue weighted by Crippen LogP contribution is 2.40. The maximum atomic E-state index is 11.9. The van der Waals surface area contributed by atoms with Gasteiger partial charge in [-0.15, -0.1) is 0 Å². The van der Waals surface area contributed by atoms with Gasteiger partial charge in [0.25, 0.3) is 5.91 Å². The monoisotopic (exact) mass is 278 g/mol. The van der Waals surface area contributed by atoms with Crippen molar-refractivity contribution >= 4 is 35.0 Å². The maximum Gasteiger partial charge on any atom is 0.257 e. The molecule has 0 spiro atoms. The summed E-state index contributed by atoms with van der Waals surface area (Å²) in [6.07, 6.45) is 1.14. The van der Waals surface area contributed by atoms with Crippen LogP contribution in [-0.2, 0) is 9.59 Å². The van der Waals surface area contributed by atoms with Gasteiger partial charge in [-0.25, -0.2) is 0 Å². The number of carbonyl (C=O) groups is 2. The molecule has 6 heteroatoms. The van der Waals surface area contributed by atoms with Gasteiger partial charge in [-0.3, -0.25) is 9.59 Å². The van der Waals surface area contributed by atoms with Crippen LogP contribution in [0, 0.1) is 5.41 Å². The second-order valence-corrected chi connectivity index (χ2v) is 6.38. The summed E-state index contributed by atoms with van der Waals surface area (Å²) < 4.78 is 0. The fraction of sp³-hybridized carbons (Fsp3) is 0.818. The van der Waals surface area contributed by atoms with Gasteiger partial charge in [-0.1, -0.05) is 37.0 Å². The Morgan fingerprint density at radius 2 is 2.06 bits per heavy atom. The highest BCUT2D eigenvalue weighted by atomic mass is 35.5. The van der Waals surface area contributed by atoms with Crippen molar-refractivity contribution in [3.8, 4) is 0 Å². The van der Waals surface area contributed by atoms with E-state index in [4.69, 9.17) is 23.2 Å². The van der Waals surface area contributed by atoms with Crippen molar-refractivity contribution in [3.63, 3.8) is 0 Å². The summed E-state index contributed by atoms with van der Waals surface area (Å²) in [5, 5.41) is 0. The van der Waals surface area contributed by atoms with Crippen molar-refractivity contribution in [1.82, 2.24) is 9.80 Å². The van der Waals surface area contributed by atoms with E-state index in [1.54, 1.807) is 9.80 Å². The van der Waals surface area contributed by atoms with Gasteiger partial charge in [0, 0.05) is 24.9 Å². The first-order valence-electron chi connectivity index (χ1n) is 5.73. The minimum atomic E-state index is -1.05. The van der Waals surface area contributed by atoms with E-state index in [1.807, 2.05) is 0 Å². The third-order valence-electron chi connectivity index (χ3n) is 3.64. The van der Waals surface area contributed by atoms with Crippen LogP contribution < -0.4 is 0 Å². The molecule has 2 saturated heterocycles. The number of hydrogen-bond donors (Lipinski definition) is 0. The lowest BCUT2D eigenvalue weighted by molar-refractivity contribution is -0.149. The molecule has 0 aromatic carbocycles. The van der Waals surface area contributed by atoms with E-state index in [9.17, 15) is 9.59 Å². The Bertz CT molecular complexity index is 357. The summed E-state index contributed by atoms with van der Waals surface area (Å²) >= 11 is 11.3. The van der Waals surface area contributed by atoms with Crippen LogP contribution in [-0.4, -0.2) is 45.7 Å². The normalized spacial score (nSPS) is 27.6. The van der Waals surface area contributed by atoms with Crippen LogP contribution >= 0.6 is 23.2 Å². The van der Waals surface area contributed by atoms with Crippen LogP contribution in [0.25, 0.3) is 0 Å². The summed E-state index contributed by atoms with van der Waals surface area (Å²) in [5.74, 6) is -0.186. The highest BCUT2D eigenvalue weighted by molar-refractivity contribution is 6.53. The summed E-state index contributed by atoms with van der Waals surface area (Å²) in [6, 6.07) is 0. The molecular weight excluding hydrogens is 263 g/mol. The molecule has 0 radical (unpaired) electrons. The van der Waals surface area contributed by atoms with E-state index in [-0.39, 0.29) is 23.4 Å². The first-order valence-corrected chi connectivity index (χ1v) is 6.60. The number of fused-ring (bicyclic) bond motifs is 1. The van der Waals surface area contributed by atoms with Gasteiger partial charge in [0.1, 0.15) is 6.17 Å².